The normalized spacial score (nSPS) is 11.6. The molecule has 0 aromatic carbocycles. The quantitative estimate of drug-likeness (QED) is 0.743. The van der Waals surface area contributed by atoms with Crippen LogP contribution in [-0.2, 0) is 16.6 Å². The van der Waals surface area contributed by atoms with Gasteiger partial charge < -0.3 is 14.5 Å². The van der Waals surface area contributed by atoms with E-state index in [2.05, 4.69) is 9.71 Å². The van der Waals surface area contributed by atoms with E-state index in [0.717, 1.165) is 12.3 Å². The Bertz CT molecular complexity index is 642. The summed E-state index contributed by atoms with van der Waals surface area (Å²) in [6.07, 6.45) is 2.55. The summed E-state index contributed by atoms with van der Waals surface area (Å²) in [5, 5.41) is 8.68. The van der Waals surface area contributed by atoms with E-state index in [9.17, 15) is 13.2 Å². The number of hydrogen-bond acceptors (Lipinski definition) is 4. The minimum Gasteiger partial charge on any atom is -0.477 e. The molecule has 0 amide bonds. The molecule has 0 aliphatic rings. The maximum atomic E-state index is 11.8. The molecule has 0 saturated carbocycles. The number of aromatic nitrogens is 1. The fourth-order valence-corrected chi connectivity index (χ4v) is 2.30. The van der Waals surface area contributed by atoms with E-state index in [0.29, 0.717) is 5.76 Å². The highest BCUT2D eigenvalue weighted by Crippen LogP contribution is 2.11. The highest BCUT2D eigenvalue weighted by atomic mass is 32.2. The van der Waals surface area contributed by atoms with Crippen molar-refractivity contribution in [2.75, 3.05) is 0 Å². The monoisotopic (exact) mass is 270 g/mol. The lowest BCUT2D eigenvalue weighted by atomic mass is 10.4. The first-order valence-corrected chi connectivity index (χ1v) is 6.41. The molecule has 8 heteroatoms. The number of aromatic amines is 1. The Kier molecular flexibility index (Phi) is 3.21. The summed E-state index contributed by atoms with van der Waals surface area (Å²) in [6, 6.07) is 4.32. The van der Waals surface area contributed by atoms with Crippen LogP contribution in [0.15, 0.2) is 40.0 Å². The van der Waals surface area contributed by atoms with Crippen LogP contribution >= 0.6 is 0 Å². The average Bonchev–Trinajstić information content (AvgIpc) is 2.98. The number of furan rings is 1. The van der Waals surface area contributed by atoms with Gasteiger partial charge in [0.25, 0.3) is 0 Å². The number of carboxylic acid groups (broad SMARTS) is 1. The smallest absolute Gasteiger partial charge is 0.352 e. The molecule has 7 nitrogen and oxygen atoms in total. The molecule has 0 aliphatic carbocycles. The van der Waals surface area contributed by atoms with Gasteiger partial charge in [-0.2, -0.15) is 0 Å². The molecule has 0 aliphatic heterocycles. The summed E-state index contributed by atoms with van der Waals surface area (Å²) >= 11 is 0. The van der Waals surface area contributed by atoms with Crippen LogP contribution in [0.4, 0.5) is 0 Å². The molecular weight excluding hydrogens is 260 g/mol. The molecule has 0 spiro atoms. The van der Waals surface area contributed by atoms with Crippen LogP contribution in [0.5, 0.6) is 0 Å². The Labute approximate surface area is 102 Å². The Balaban J connectivity index is 2.12. The molecule has 0 atom stereocenters. The van der Waals surface area contributed by atoms with Crippen molar-refractivity contribution in [1.82, 2.24) is 9.71 Å². The van der Waals surface area contributed by atoms with Gasteiger partial charge in [0, 0.05) is 6.20 Å². The maximum Gasteiger partial charge on any atom is 0.352 e. The SMILES string of the molecule is O=C(O)c1cc(S(=O)(=O)NCc2ccco2)c[nH]1. The number of aromatic carboxylic acids is 1. The van der Waals surface area contributed by atoms with Crippen molar-refractivity contribution in [3.05, 3.63) is 42.1 Å². The molecule has 2 heterocycles. The Morgan fingerprint density at radius 3 is 2.83 bits per heavy atom. The molecular formula is C10H10N2O5S. The van der Waals surface area contributed by atoms with Crippen molar-refractivity contribution in [2.24, 2.45) is 0 Å². The van der Waals surface area contributed by atoms with Crippen LogP contribution in [0.2, 0.25) is 0 Å². The lowest BCUT2D eigenvalue weighted by molar-refractivity contribution is 0.0691. The molecule has 0 bridgehead atoms. The lowest BCUT2D eigenvalue weighted by Gasteiger charge is -2.02. The molecule has 0 saturated heterocycles. The number of rotatable bonds is 5. The largest absolute Gasteiger partial charge is 0.477 e. The second-order valence-electron chi connectivity index (χ2n) is 3.46. The van der Waals surface area contributed by atoms with E-state index in [1.807, 2.05) is 0 Å². The molecule has 0 fully saturated rings. The molecule has 2 aromatic rings. The topological polar surface area (TPSA) is 112 Å². The zero-order valence-electron chi connectivity index (χ0n) is 9.08. The van der Waals surface area contributed by atoms with Crippen LogP contribution in [0.1, 0.15) is 16.2 Å². The summed E-state index contributed by atoms with van der Waals surface area (Å²) in [5.74, 6) is -0.755. The number of carboxylic acids is 1. The third-order valence-electron chi connectivity index (χ3n) is 2.21. The van der Waals surface area contributed by atoms with E-state index < -0.39 is 16.0 Å². The van der Waals surface area contributed by atoms with Crippen molar-refractivity contribution >= 4 is 16.0 Å². The molecule has 3 N–H and O–H groups in total. The first-order chi connectivity index (χ1) is 8.49. The highest BCUT2D eigenvalue weighted by molar-refractivity contribution is 7.89. The van der Waals surface area contributed by atoms with Crippen LogP contribution < -0.4 is 4.72 Å². The third-order valence-corrected chi connectivity index (χ3v) is 3.59. The van der Waals surface area contributed by atoms with E-state index in [-0.39, 0.29) is 17.1 Å². The lowest BCUT2D eigenvalue weighted by Crippen LogP contribution is -2.22. The Morgan fingerprint density at radius 2 is 2.28 bits per heavy atom. The summed E-state index contributed by atoms with van der Waals surface area (Å²) in [6.45, 7) is 0.00289. The Hall–Kier alpha value is -2.06. The fourth-order valence-electron chi connectivity index (χ4n) is 1.32. The van der Waals surface area contributed by atoms with Gasteiger partial charge in [-0.1, -0.05) is 0 Å². The molecule has 18 heavy (non-hydrogen) atoms. The van der Waals surface area contributed by atoms with Gasteiger partial charge in [0.2, 0.25) is 10.0 Å². The van der Waals surface area contributed by atoms with Gasteiger partial charge in [-0.3, -0.25) is 0 Å². The second-order valence-corrected chi connectivity index (χ2v) is 5.23. The first kappa shape index (κ1) is 12.4. The highest BCUT2D eigenvalue weighted by Gasteiger charge is 2.18. The number of H-pyrrole nitrogens is 1. The van der Waals surface area contributed by atoms with Gasteiger partial charge in [-0.05, 0) is 18.2 Å². The molecule has 2 aromatic heterocycles. The van der Waals surface area contributed by atoms with Gasteiger partial charge in [0.05, 0.1) is 12.8 Å². The first-order valence-electron chi connectivity index (χ1n) is 4.93. The van der Waals surface area contributed by atoms with Crippen molar-refractivity contribution in [3.8, 4) is 0 Å². The van der Waals surface area contributed by atoms with Gasteiger partial charge in [0.15, 0.2) is 0 Å². The predicted molar refractivity (Wildman–Crippen MR) is 60.5 cm³/mol. The van der Waals surface area contributed by atoms with Crippen LogP contribution in [0.25, 0.3) is 0 Å². The Morgan fingerprint density at radius 1 is 1.50 bits per heavy atom. The number of nitrogens with one attached hydrogen (secondary N) is 2. The fraction of sp³-hybridized carbons (Fsp3) is 0.100. The summed E-state index contributed by atoms with van der Waals surface area (Å²) in [4.78, 5) is 12.9. The van der Waals surface area contributed by atoms with E-state index in [4.69, 9.17) is 9.52 Å². The van der Waals surface area contributed by atoms with Crippen molar-refractivity contribution in [2.45, 2.75) is 11.4 Å². The predicted octanol–water partition coefficient (Wildman–Crippen LogP) is 0.784. The van der Waals surface area contributed by atoms with Crippen LogP contribution in [0.3, 0.4) is 0 Å². The molecule has 2 rings (SSSR count). The summed E-state index contributed by atoms with van der Waals surface area (Å²) in [5.41, 5.74) is -0.187. The number of hydrogen-bond donors (Lipinski definition) is 3. The molecule has 0 unspecified atom stereocenters. The summed E-state index contributed by atoms with van der Waals surface area (Å²) in [7, 11) is -3.75. The second kappa shape index (κ2) is 4.67. The van der Waals surface area contributed by atoms with Crippen molar-refractivity contribution in [1.29, 1.82) is 0 Å². The van der Waals surface area contributed by atoms with Gasteiger partial charge in [0.1, 0.15) is 16.3 Å². The maximum absolute atomic E-state index is 11.8. The minimum atomic E-state index is -3.75. The zero-order chi connectivity index (χ0) is 13.2. The van der Waals surface area contributed by atoms with E-state index >= 15 is 0 Å². The minimum absolute atomic E-state index is 0.00289. The van der Waals surface area contributed by atoms with Gasteiger partial charge >= 0.3 is 5.97 Å². The average molecular weight is 270 g/mol. The zero-order valence-corrected chi connectivity index (χ0v) is 9.90. The third kappa shape index (κ3) is 2.60. The van der Waals surface area contributed by atoms with E-state index in [1.54, 1.807) is 12.1 Å². The molecule has 96 valence electrons. The van der Waals surface area contributed by atoms with E-state index in [1.165, 1.54) is 6.26 Å². The standard InChI is InChI=1S/C10H10N2O5S/c13-10(14)9-4-8(6-11-9)18(15,16)12-5-7-2-1-3-17-7/h1-4,6,11-12H,5H2,(H,13,14). The molecule has 0 radical (unpaired) electrons. The van der Waals surface area contributed by atoms with Gasteiger partial charge in [-0.15, -0.1) is 0 Å². The van der Waals surface area contributed by atoms with Crippen molar-refractivity contribution < 1.29 is 22.7 Å². The number of sulfonamides is 1. The van der Waals surface area contributed by atoms with Crippen LogP contribution in [0, 0.1) is 0 Å². The summed E-state index contributed by atoms with van der Waals surface area (Å²) < 4.78 is 30.9. The van der Waals surface area contributed by atoms with Crippen LogP contribution in [-0.4, -0.2) is 24.5 Å². The number of carbonyl (C=O) groups is 1. The van der Waals surface area contributed by atoms with Crippen molar-refractivity contribution in [3.63, 3.8) is 0 Å². The van der Waals surface area contributed by atoms with Gasteiger partial charge in [-0.25, -0.2) is 17.9 Å².